The minimum absolute atomic E-state index is 0.337. The van der Waals surface area contributed by atoms with Gasteiger partial charge in [0.25, 0.3) is 0 Å². The van der Waals surface area contributed by atoms with Crippen molar-refractivity contribution in [1.82, 2.24) is 0 Å². The molecule has 0 heterocycles. The van der Waals surface area contributed by atoms with E-state index in [1.54, 1.807) is 0 Å². The molecule has 1 heteroatoms. The molecule has 0 amide bonds. The predicted molar refractivity (Wildman–Crippen MR) is 97.2 cm³/mol. The first kappa shape index (κ1) is 17.5. The summed E-state index contributed by atoms with van der Waals surface area (Å²) in [7, 11) is 0. The number of carbonyl (C=O) groups excluding carboxylic acids is 1. The highest BCUT2D eigenvalue weighted by molar-refractivity contribution is 5.81. The molecule has 3 saturated carbocycles. The number of Topliss-reactive ketones (excluding diaryl/α,β-unsaturated/α-hetero) is 1. The van der Waals surface area contributed by atoms with Gasteiger partial charge < -0.3 is 0 Å². The lowest BCUT2D eigenvalue weighted by molar-refractivity contribution is -0.129. The average molecular weight is 319 g/mol. The van der Waals surface area contributed by atoms with Crippen LogP contribution in [0.25, 0.3) is 0 Å². The third-order valence-corrected chi connectivity index (χ3v) is 8.40. The van der Waals surface area contributed by atoms with E-state index < -0.39 is 0 Å². The third-order valence-electron chi connectivity index (χ3n) is 8.40. The van der Waals surface area contributed by atoms with E-state index in [0.29, 0.717) is 17.1 Å². The molecule has 7 unspecified atom stereocenters. The molecule has 132 valence electrons. The molecule has 3 aliphatic rings. The lowest BCUT2D eigenvalue weighted by Crippen LogP contribution is -2.48. The Morgan fingerprint density at radius 3 is 2.43 bits per heavy atom. The zero-order valence-corrected chi connectivity index (χ0v) is 15.9. The summed E-state index contributed by atoms with van der Waals surface area (Å²) in [5, 5.41) is 0. The maximum Gasteiger partial charge on any atom is 0.136 e. The zero-order valence-electron chi connectivity index (χ0n) is 15.9. The van der Waals surface area contributed by atoms with Crippen LogP contribution in [0.2, 0.25) is 0 Å². The summed E-state index contributed by atoms with van der Waals surface area (Å²) in [5.41, 5.74) is 0.337. The molecule has 0 aromatic heterocycles. The Balaban J connectivity index is 1.81. The second kappa shape index (κ2) is 6.89. The van der Waals surface area contributed by atoms with E-state index in [4.69, 9.17) is 0 Å². The number of hydrogen-bond acceptors (Lipinski definition) is 1. The highest BCUT2D eigenvalue weighted by Gasteiger charge is 2.57. The molecule has 0 aromatic rings. The summed E-state index contributed by atoms with van der Waals surface area (Å²) < 4.78 is 0. The molecule has 3 fully saturated rings. The van der Waals surface area contributed by atoms with Crippen molar-refractivity contribution in [3.05, 3.63) is 0 Å². The van der Waals surface area contributed by atoms with E-state index >= 15 is 0 Å². The highest BCUT2D eigenvalue weighted by Crippen LogP contribution is 2.63. The number of hydrogen-bond donors (Lipinski definition) is 0. The van der Waals surface area contributed by atoms with Crippen molar-refractivity contribution in [2.24, 2.45) is 40.9 Å². The Morgan fingerprint density at radius 1 is 1.00 bits per heavy atom. The van der Waals surface area contributed by atoms with Crippen molar-refractivity contribution in [1.29, 1.82) is 0 Å². The maximum atomic E-state index is 12.5. The van der Waals surface area contributed by atoms with Crippen LogP contribution in [0.5, 0.6) is 0 Å². The van der Waals surface area contributed by atoms with Gasteiger partial charge in [0.1, 0.15) is 5.78 Å². The SMILES string of the molecule is CCCC1C(CC)CCC2C1CCC1(C)C(C(=O)CC)CCC21. The quantitative estimate of drug-likeness (QED) is 0.584. The molecule has 3 aliphatic carbocycles. The molecule has 23 heavy (non-hydrogen) atoms. The summed E-state index contributed by atoms with van der Waals surface area (Å²) in [6.07, 6.45) is 13.1. The maximum absolute atomic E-state index is 12.5. The molecular weight excluding hydrogens is 280 g/mol. The first-order chi connectivity index (χ1) is 11.1. The van der Waals surface area contributed by atoms with Crippen LogP contribution in [-0.2, 0) is 4.79 Å². The molecule has 0 radical (unpaired) electrons. The van der Waals surface area contributed by atoms with Crippen LogP contribution < -0.4 is 0 Å². The number of ketones is 1. The predicted octanol–water partition coefficient (Wildman–Crippen LogP) is 6.26. The van der Waals surface area contributed by atoms with Crippen molar-refractivity contribution >= 4 is 5.78 Å². The van der Waals surface area contributed by atoms with E-state index in [1.807, 2.05) is 0 Å². The average Bonchev–Trinajstić information content (AvgIpc) is 2.92. The molecule has 0 N–H and O–H groups in total. The molecule has 0 bridgehead atoms. The van der Waals surface area contributed by atoms with E-state index in [9.17, 15) is 4.79 Å². The molecular formula is C22H38O. The van der Waals surface area contributed by atoms with Crippen LogP contribution in [0.4, 0.5) is 0 Å². The van der Waals surface area contributed by atoms with Crippen LogP contribution in [0.1, 0.15) is 91.9 Å². The van der Waals surface area contributed by atoms with Gasteiger partial charge in [0.05, 0.1) is 0 Å². The normalized spacial score (nSPS) is 46.3. The Hall–Kier alpha value is -0.330. The molecule has 7 atom stereocenters. The summed E-state index contributed by atoms with van der Waals surface area (Å²) in [4.78, 5) is 12.5. The lowest BCUT2D eigenvalue weighted by atomic mass is 9.50. The van der Waals surface area contributed by atoms with Crippen molar-refractivity contribution in [3.8, 4) is 0 Å². The second-order valence-corrected chi connectivity index (χ2v) is 9.13. The van der Waals surface area contributed by atoms with E-state index in [0.717, 1.165) is 36.0 Å². The van der Waals surface area contributed by atoms with Gasteiger partial charge in [-0.25, -0.2) is 0 Å². The van der Waals surface area contributed by atoms with Gasteiger partial charge in [0.15, 0.2) is 0 Å². The summed E-state index contributed by atoms with van der Waals surface area (Å²) in [6, 6.07) is 0. The van der Waals surface area contributed by atoms with Crippen LogP contribution in [-0.4, -0.2) is 5.78 Å². The van der Waals surface area contributed by atoms with Gasteiger partial charge in [-0.1, -0.05) is 47.0 Å². The zero-order chi connectivity index (χ0) is 16.6. The van der Waals surface area contributed by atoms with Crippen molar-refractivity contribution in [2.75, 3.05) is 0 Å². The van der Waals surface area contributed by atoms with Gasteiger partial charge in [-0.05, 0) is 73.5 Å². The number of rotatable bonds is 5. The standard InChI is InChI=1S/C22H38O/c1-5-8-16-15(6-2)9-10-18-17(16)13-14-22(4)19(18)11-12-20(22)21(23)7-3/h15-20H,5-14H2,1-4H3. The number of carbonyl (C=O) groups is 1. The van der Waals surface area contributed by atoms with Gasteiger partial charge in [-0.3, -0.25) is 4.79 Å². The van der Waals surface area contributed by atoms with Crippen LogP contribution in [0.3, 0.4) is 0 Å². The van der Waals surface area contributed by atoms with E-state index in [1.165, 1.54) is 57.8 Å². The Morgan fingerprint density at radius 2 is 1.78 bits per heavy atom. The largest absolute Gasteiger partial charge is 0.299 e. The Kier molecular flexibility index (Phi) is 5.24. The van der Waals surface area contributed by atoms with Crippen molar-refractivity contribution < 1.29 is 4.79 Å². The molecule has 0 saturated heterocycles. The first-order valence-electron chi connectivity index (χ1n) is 10.6. The smallest absolute Gasteiger partial charge is 0.136 e. The van der Waals surface area contributed by atoms with Gasteiger partial charge >= 0.3 is 0 Å². The summed E-state index contributed by atoms with van der Waals surface area (Å²) in [5.74, 6) is 5.65. The van der Waals surface area contributed by atoms with Gasteiger partial charge in [0.2, 0.25) is 0 Å². The second-order valence-electron chi connectivity index (χ2n) is 9.13. The molecule has 0 aliphatic heterocycles. The Labute approximate surface area is 144 Å². The highest BCUT2D eigenvalue weighted by atomic mass is 16.1. The van der Waals surface area contributed by atoms with E-state index in [2.05, 4.69) is 27.7 Å². The molecule has 0 aromatic carbocycles. The van der Waals surface area contributed by atoms with Gasteiger partial charge in [-0.15, -0.1) is 0 Å². The summed E-state index contributed by atoms with van der Waals surface area (Å²) in [6.45, 7) is 9.33. The minimum atomic E-state index is 0.337. The molecule has 1 nitrogen and oxygen atoms in total. The fraction of sp³-hybridized carbons (Fsp3) is 0.955. The lowest BCUT2D eigenvalue weighted by Gasteiger charge is -2.54. The Bertz CT molecular complexity index is 428. The monoisotopic (exact) mass is 318 g/mol. The minimum Gasteiger partial charge on any atom is -0.299 e. The van der Waals surface area contributed by atoms with Crippen LogP contribution in [0, 0.1) is 40.9 Å². The summed E-state index contributed by atoms with van der Waals surface area (Å²) >= 11 is 0. The van der Waals surface area contributed by atoms with Gasteiger partial charge in [-0.2, -0.15) is 0 Å². The number of fused-ring (bicyclic) bond motifs is 3. The van der Waals surface area contributed by atoms with Crippen LogP contribution in [0.15, 0.2) is 0 Å². The third kappa shape index (κ3) is 2.81. The molecule has 0 spiro atoms. The first-order valence-corrected chi connectivity index (χ1v) is 10.6. The van der Waals surface area contributed by atoms with Crippen molar-refractivity contribution in [3.63, 3.8) is 0 Å². The van der Waals surface area contributed by atoms with E-state index in [-0.39, 0.29) is 0 Å². The van der Waals surface area contributed by atoms with Crippen molar-refractivity contribution in [2.45, 2.75) is 91.9 Å². The van der Waals surface area contributed by atoms with Crippen LogP contribution >= 0.6 is 0 Å². The molecule has 3 rings (SSSR count). The fourth-order valence-electron chi connectivity index (χ4n) is 7.30. The fourth-order valence-corrected chi connectivity index (χ4v) is 7.30. The van der Waals surface area contributed by atoms with Gasteiger partial charge in [0, 0.05) is 12.3 Å². The topological polar surface area (TPSA) is 17.1 Å².